The number of hydrogen-bond donors (Lipinski definition) is 0. The fraction of sp³-hybridized carbons (Fsp3) is 0.290. The van der Waals surface area contributed by atoms with E-state index in [4.69, 9.17) is 4.42 Å². The smallest absolute Gasteiger partial charge is 0.143 e. The number of fused-ring (bicyclic) bond motifs is 10. The number of rotatable bonds is 0. The van der Waals surface area contributed by atoms with Crippen LogP contribution in [0.25, 0.3) is 33.1 Å². The van der Waals surface area contributed by atoms with Gasteiger partial charge in [0, 0.05) is 33.1 Å². The second-order valence-electron chi connectivity index (χ2n) is 11.0. The maximum absolute atomic E-state index is 6.51. The molecule has 1 nitrogen and oxygen atoms in total. The molecule has 3 aromatic carbocycles. The molecule has 32 heavy (non-hydrogen) atoms. The van der Waals surface area contributed by atoms with Gasteiger partial charge in [-0.05, 0) is 53.3 Å². The highest BCUT2D eigenvalue weighted by Gasteiger charge is 2.46. The van der Waals surface area contributed by atoms with Crippen molar-refractivity contribution in [2.24, 2.45) is 0 Å². The zero-order valence-corrected chi connectivity index (χ0v) is 19.5. The molecule has 3 aliphatic rings. The van der Waals surface area contributed by atoms with Crippen molar-refractivity contribution in [3.63, 3.8) is 0 Å². The first-order valence-corrected chi connectivity index (χ1v) is 11.8. The molecule has 3 aliphatic carbocycles. The molecular formula is C31H28O. The third-order valence-electron chi connectivity index (χ3n) is 8.56. The van der Waals surface area contributed by atoms with Crippen LogP contribution in [0.2, 0.25) is 0 Å². The van der Waals surface area contributed by atoms with Crippen molar-refractivity contribution >= 4 is 21.9 Å². The molecule has 0 radical (unpaired) electrons. The van der Waals surface area contributed by atoms with Crippen molar-refractivity contribution in [2.75, 3.05) is 0 Å². The third-order valence-corrected chi connectivity index (χ3v) is 8.56. The van der Waals surface area contributed by atoms with E-state index >= 15 is 0 Å². The maximum atomic E-state index is 6.51. The molecule has 158 valence electrons. The van der Waals surface area contributed by atoms with Gasteiger partial charge in [0.25, 0.3) is 0 Å². The molecule has 1 heteroatoms. The molecule has 4 aromatic rings. The van der Waals surface area contributed by atoms with E-state index in [0.717, 1.165) is 17.6 Å². The highest BCUT2D eigenvalue weighted by molar-refractivity contribution is 6.11. The number of hydrogen-bond acceptors (Lipinski definition) is 1. The van der Waals surface area contributed by atoms with Gasteiger partial charge < -0.3 is 4.42 Å². The molecule has 0 fully saturated rings. The van der Waals surface area contributed by atoms with E-state index in [9.17, 15) is 0 Å². The second-order valence-corrected chi connectivity index (χ2v) is 11.0. The minimum Gasteiger partial charge on any atom is -0.455 e. The average molecular weight is 417 g/mol. The molecule has 0 bridgehead atoms. The van der Waals surface area contributed by atoms with Crippen LogP contribution in [-0.2, 0) is 10.8 Å². The van der Waals surface area contributed by atoms with Crippen LogP contribution in [0.4, 0.5) is 0 Å². The topological polar surface area (TPSA) is 13.1 Å². The molecule has 1 unspecified atom stereocenters. The van der Waals surface area contributed by atoms with E-state index in [1.807, 2.05) is 0 Å². The summed E-state index contributed by atoms with van der Waals surface area (Å²) in [6, 6.07) is 18.1. The van der Waals surface area contributed by atoms with Crippen molar-refractivity contribution in [3.05, 3.63) is 94.1 Å². The van der Waals surface area contributed by atoms with Crippen LogP contribution in [0.5, 0.6) is 0 Å². The highest BCUT2D eigenvalue weighted by Crippen LogP contribution is 2.59. The van der Waals surface area contributed by atoms with Gasteiger partial charge in [0.15, 0.2) is 0 Å². The lowest BCUT2D eigenvalue weighted by atomic mass is 9.77. The predicted molar refractivity (Wildman–Crippen MR) is 134 cm³/mol. The molecule has 1 atom stereocenters. The third kappa shape index (κ3) is 2.05. The van der Waals surface area contributed by atoms with E-state index in [-0.39, 0.29) is 10.8 Å². The maximum Gasteiger partial charge on any atom is 0.143 e. The molecular weight excluding hydrogens is 388 g/mol. The quantitative estimate of drug-likeness (QED) is 0.280. The van der Waals surface area contributed by atoms with Gasteiger partial charge in [-0.15, -0.1) is 0 Å². The first-order chi connectivity index (χ1) is 15.3. The first kappa shape index (κ1) is 18.5. The van der Waals surface area contributed by atoms with E-state index in [2.05, 4.69) is 95.3 Å². The number of benzene rings is 3. The van der Waals surface area contributed by atoms with Gasteiger partial charge in [0.05, 0.1) is 0 Å². The van der Waals surface area contributed by atoms with Crippen LogP contribution in [0.1, 0.15) is 69.2 Å². The summed E-state index contributed by atoms with van der Waals surface area (Å²) in [4.78, 5) is 0. The largest absolute Gasteiger partial charge is 0.455 e. The Hall–Kier alpha value is -3.06. The number of para-hydroxylation sites is 1. The molecule has 1 heterocycles. The van der Waals surface area contributed by atoms with Crippen molar-refractivity contribution in [3.8, 4) is 11.1 Å². The number of furan rings is 1. The zero-order chi connectivity index (χ0) is 22.0. The summed E-state index contributed by atoms with van der Waals surface area (Å²) >= 11 is 0. The van der Waals surface area contributed by atoms with Crippen molar-refractivity contribution in [2.45, 2.75) is 57.8 Å². The molecule has 0 saturated carbocycles. The standard InChI is InChI=1S/C31H28O/c1-17-10-11-18-21-15-26-22(16-25(21)31(4,5)24(18)14-17)28-23(30(26,2)3)13-12-20-19-8-6-7-9-27(19)32-29(20)28/h6-10,12-16,18H,11H2,1-5H3. The molecule has 1 aromatic heterocycles. The number of allylic oxidation sites excluding steroid dienone is 4. The van der Waals surface area contributed by atoms with Crippen LogP contribution in [0.15, 0.2) is 76.2 Å². The van der Waals surface area contributed by atoms with E-state index in [1.54, 1.807) is 5.57 Å². The van der Waals surface area contributed by atoms with Crippen LogP contribution >= 0.6 is 0 Å². The van der Waals surface area contributed by atoms with Crippen LogP contribution in [0.3, 0.4) is 0 Å². The Morgan fingerprint density at radius 3 is 2.50 bits per heavy atom. The first-order valence-electron chi connectivity index (χ1n) is 11.8. The molecule has 0 saturated heterocycles. The summed E-state index contributed by atoms with van der Waals surface area (Å²) < 4.78 is 6.51. The lowest BCUT2D eigenvalue weighted by Gasteiger charge is -2.26. The fourth-order valence-corrected chi connectivity index (χ4v) is 6.79. The molecule has 0 spiro atoms. The van der Waals surface area contributed by atoms with Gasteiger partial charge in [-0.25, -0.2) is 0 Å². The second kappa shape index (κ2) is 5.64. The summed E-state index contributed by atoms with van der Waals surface area (Å²) in [6.45, 7) is 11.8. The van der Waals surface area contributed by atoms with E-state index < -0.39 is 0 Å². The van der Waals surface area contributed by atoms with E-state index in [1.165, 1.54) is 49.7 Å². The monoisotopic (exact) mass is 416 g/mol. The van der Waals surface area contributed by atoms with Crippen LogP contribution in [-0.4, -0.2) is 0 Å². The van der Waals surface area contributed by atoms with Crippen LogP contribution in [0, 0.1) is 0 Å². The SMILES string of the molecule is CC1=CCC2C(=C1)C(C)(C)c1cc3c(cc12)C(C)(C)c1ccc2c(oc4ccccc42)c1-3. The summed E-state index contributed by atoms with van der Waals surface area (Å²) in [7, 11) is 0. The molecule has 0 N–H and O–H groups in total. The average Bonchev–Trinajstić information content (AvgIpc) is 3.33. The fourth-order valence-electron chi connectivity index (χ4n) is 6.79. The van der Waals surface area contributed by atoms with Gasteiger partial charge >= 0.3 is 0 Å². The Balaban J connectivity index is 1.56. The molecule has 0 aliphatic heterocycles. The minimum absolute atomic E-state index is 0.0378. The van der Waals surface area contributed by atoms with Gasteiger partial charge in [-0.2, -0.15) is 0 Å². The Bertz CT molecular complexity index is 1550. The minimum atomic E-state index is -0.0378. The van der Waals surface area contributed by atoms with E-state index in [0.29, 0.717) is 5.92 Å². The highest BCUT2D eigenvalue weighted by atomic mass is 16.3. The predicted octanol–water partition coefficient (Wildman–Crippen LogP) is 8.54. The lowest BCUT2D eigenvalue weighted by molar-refractivity contribution is 0.610. The molecule has 0 amide bonds. The van der Waals surface area contributed by atoms with Crippen LogP contribution < -0.4 is 0 Å². The Kier molecular flexibility index (Phi) is 3.26. The normalized spacial score (nSPS) is 21.7. The Labute approximate surface area is 189 Å². The summed E-state index contributed by atoms with van der Waals surface area (Å²) in [5.41, 5.74) is 13.5. The van der Waals surface area contributed by atoms with Crippen molar-refractivity contribution < 1.29 is 4.42 Å². The van der Waals surface area contributed by atoms with Gasteiger partial charge in [-0.1, -0.05) is 87.4 Å². The zero-order valence-electron chi connectivity index (χ0n) is 19.5. The van der Waals surface area contributed by atoms with Crippen molar-refractivity contribution in [1.29, 1.82) is 0 Å². The van der Waals surface area contributed by atoms with Gasteiger partial charge in [-0.3, -0.25) is 0 Å². The Morgan fingerprint density at radius 1 is 0.844 bits per heavy atom. The molecule has 7 rings (SSSR count). The van der Waals surface area contributed by atoms with Gasteiger partial charge in [0.1, 0.15) is 11.2 Å². The lowest BCUT2D eigenvalue weighted by Crippen LogP contribution is -2.18. The summed E-state index contributed by atoms with van der Waals surface area (Å²) in [6.07, 6.45) is 5.97. The van der Waals surface area contributed by atoms with Gasteiger partial charge in [0.2, 0.25) is 0 Å². The Morgan fingerprint density at radius 2 is 1.66 bits per heavy atom. The van der Waals surface area contributed by atoms with Crippen molar-refractivity contribution in [1.82, 2.24) is 0 Å². The summed E-state index contributed by atoms with van der Waals surface area (Å²) in [5, 5.41) is 2.43. The summed E-state index contributed by atoms with van der Waals surface area (Å²) in [5.74, 6) is 0.514.